The number of rotatable bonds is 8. The highest BCUT2D eigenvalue weighted by atomic mass is 16.5. The molecule has 4 heteroatoms. The summed E-state index contributed by atoms with van der Waals surface area (Å²) < 4.78 is 5.40. The lowest BCUT2D eigenvalue weighted by Gasteiger charge is -2.13. The molecule has 1 atom stereocenters. The number of ketones is 1. The minimum atomic E-state index is -0.143. The summed E-state index contributed by atoms with van der Waals surface area (Å²) in [5, 5.41) is 18.5. The van der Waals surface area contributed by atoms with Gasteiger partial charge in [0.1, 0.15) is 11.5 Å². The summed E-state index contributed by atoms with van der Waals surface area (Å²) in [6.07, 6.45) is 4.97. The molecule has 2 rings (SSSR count). The molecule has 0 aliphatic rings. The number of hydrogen-bond acceptors (Lipinski definition) is 4. The van der Waals surface area contributed by atoms with E-state index in [-0.39, 0.29) is 23.4 Å². The van der Waals surface area contributed by atoms with Gasteiger partial charge in [0, 0.05) is 13.5 Å². The van der Waals surface area contributed by atoms with Crippen LogP contribution in [0.1, 0.15) is 24.0 Å². The fourth-order valence-electron chi connectivity index (χ4n) is 2.36. The molecular weight excluding hydrogens is 304 g/mol. The minimum Gasteiger partial charge on any atom is -0.508 e. The maximum absolute atomic E-state index is 12.1. The zero-order chi connectivity index (χ0) is 17.4. The van der Waals surface area contributed by atoms with Crippen LogP contribution < -0.4 is 0 Å². The summed E-state index contributed by atoms with van der Waals surface area (Å²) in [4.78, 5) is 12.1. The van der Waals surface area contributed by atoms with Gasteiger partial charge in [0.05, 0.1) is 6.10 Å². The molecule has 0 amide bonds. The molecule has 0 unspecified atom stereocenters. The van der Waals surface area contributed by atoms with Gasteiger partial charge in [0.2, 0.25) is 0 Å². The van der Waals surface area contributed by atoms with E-state index in [2.05, 4.69) is 0 Å². The summed E-state index contributed by atoms with van der Waals surface area (Å²) in [7, 11) is 1.61. The monoisotopic (exact) mass is 326 g/mol. The number of benzene rings is 2. The number of aryl methyl sites for hydroxylation is 1. The predicted molar refractivity (Wildman–Crippen MR) is 94.0 cm³/mol. The Bertz CT molecular complexity index is 672. The normalized spacial score (nSPS) is 12.4. The quantitative estimate of drug-likeness (QED) is 0.726. The molecule has 0 saturated heterocycles. The molecule has 0 aromatic heterocycles. The zero-order valence-electron chi connectivity index (χ0n) is 13.7. The molecule has 0 saturated carbocycles. The van der Waals surface area contributed by atoms with Crippen LogP contribution in [-0.2, 0) is 16.0 Å². The fourth-order valence-corrected chi connectivity index (χ4v) is 2.36. The fraction of sp³-hybridized carbons (Fsp3) is 0.250. The van der Waals surface area contributed by atoms with Crippen molar-refractivity contribution in [1.29, 1.82) is 0 Å². The second-order valence-electron chi connectivity index (χ2n) is 5.66. The summed E-state index contributed by atoms with van der Waals surface area (Å²) >= 11 is 0. The number of allylic oxidation sites excluding steroid dienone is 1. The van der Waals surface area contributed by atoms with E-state index in [0.29, 0.717) is 6.42 Å². The Morgan fingerprint density at radius 3 is 2.21 bits per heavy atom. The third-order valence-electron chi connectivity index (χ3n) is 3.81. The van der Waals surface area contributed by atoms with E-state index < -0.39 is 0 Å². The lowest BCUT2D eigenvalue weighted by molar-refractivity contribution is -0.116. The molecule has 4 nitrogen and oxygen atoms in total. The minimum absolute atomic E-state index is 0.000584. The van der Waals surface area contributed by atoms with Crippen molar-refractivity contribution in [1.82, 2.24) is 0 Å². The van der Waals surface area contributed by atoms with Gasteiger partial charge in [-0.05, 0) is 54.3 Å². The molecule has 24 heavy (non-hydrogen) atoms. The number of methoxy groups -OCH3 is 1. The maximum atomic E-state index is 12.1. The average Bonchev–Trinajstić information content (AvgIpc) is 2.59. The first-order chi connectivity index (χ1) is 11.6. The lowest BCUT2D eigenvalue weighted by atomic mass is 10.0. The molecule has 0 bridgehead atoms. The third kappa shape index (κ3) is 5.89. The molecule has 0 spiro atoms. The topological polar surface area (TPSA) is 66.8 Å². The van der Waals surface area contributed by atoms with Gasteiger partial charge in [-0.15, -0.1) is 0 Å². The van der Waals surface area contributed by atoms with Gasteiger partial charge in [-0.1, -0.05) is 30.3 Å². The highest BCUT2D eigenvalue weighted by molar-refractivity contribution is 5.93. The van der Waals surface area contributed by atoms with Crippen molar-refractivity contribution >= 4 is 11.9 Å². The van der Waals surface area contributed by atoms with Crippen LogP contribution in [0, 0.1) is 0 Å². The van der Waals surface area contributed by atoms with Gasteiger partial charge >= 0.3 is 0 Å². The highest BCUT2D eigenvalue weighted by Gasteiger charge is 2.11. The van der Waals surface area contributed by atoms with E-state index in [1.807, 2.05) is 12.1 Å². The van der Waals surface area contributed by atoms with E-state index in [4.69, 9.17) is 4.74 Å². The molecule has 0 fully saturated rings. The number of carbonyl (C=O) groups is 1. The number of ether oxygens (including phenoxy) is 1. The van der Waals surface area contributed by atoms with Crippen LogP contribution in [0.4, 0.5) is 0 Å². The van der Waals surface area contributed by atoms with Crippen molar-refractivity contribution in [3.8, 4) is 11.5 Å². The van der Waals surface area contributed by atoms with Gasteiger partial charge < -0.3 is 14.9 Å². The van der Waals surface area contributed by atoms with Crippen LogP contribution in [0.5, 0.6) is 11.5 Å². The van der Waals surface area contributed by atoms with Crippen LogP contribution in [0.2, 0.25) is 0 Å². The van der Waals surface area contributed by atoms with E-state index in [0.717, 1.165) is 24.0 Å². The second-order valence-corrected chi connectivity index (χ2v) is 5.66. The summed E-state index contributed by atoms with van der Waals surface area (Å²) in [6, 6.07) is 13.7. The smallest absolute Gasteiger partial charge is 0.158 e. The molecule has 0 aliphatic carbocycles. The molecule has 0 radical (unpaired) electrons. The van der Waals surface area contributed by atoms with Crippen LogP contribution in [0.25, 0.3) is 6.08 Å². The van der Waals surface area contributed by atoms with Crippen LogP contribution in [0.15, 0.2) is 54.6 Å². The van der Waals surface area contributed by atoms with E-state index >= 15 is 0 Å². The predicted octanol–water partition coefficient (Wildman–Crippen LogP) is 3.72. The number of phenolic OH excluding ortho intramolecular Hbond substituents is 2. The number of phenols is 2. The van der Waals surface area contributed by atoms with Crippen molar-refractivity contribution in [2.75, 3.05) is 7.11 Å². The molecular formula is C20H22O4. The second kappa shape index (κ2) is 8.89. The first-order valence-electron chi connectivity index (χ1n) is 7.87. The van der Waals surface area contributed by atoms with Crippen LogP contribution in [-0.4, -0.2) is 29.2 Å². The van der Waals surface area contributed by atoms with Gasteiger partial charge in [-0.25, -0.2) is 0 Å². The first kappa shape index (κ1) is 17.8. The standard InChI is InChI=1S/C20H22O4/c1-24-20(13-7-16-4-10-18(22)11-5-16)14-19(23)12-6-15-2-8-17(21)9-3-15/h2-6,8-12,20-22H,7,13-14H2,1H3/t20-/m0/s1. The van der Waals surface area contributed by atoms with E-state index in [9.17, 15) is 15.0 Å². The molecule has 0 heterocycles. The van der Waals surface area contributed by atoms with Crippen molar-refractivity contribution in [2.45, 2.75) is 25.4 Å². The Morgan fingerprint density at radius 2 is 1.62 bits per heavy atom. The summed E-state index contributed by atoms with van der Waals surface area (Å²) in [5.41, 5.74) is 1.96. The largest absolute Gasteiger partial charge is 0.508 e. The van der Waals surface area contributed by atoms with Gasteiger partial charge in [0.15, 0.2) is 5.78 Å². The van der Waals surface area contributed by atoms with Gasteiger partial charge in [0.25, 0.3) is 0 Å². The molecule has 0 aliphatic heterocycles. The summed E-state index contributed by atoms with van der Waals surface area (Å²) in [5.74, 6) is 0.448. The zero-order valence-corrected chi connectivity index (χ0v) is 13.7. The Hall–Kier alpha value is -2.59. The van der Waals surface area contributed by atoms with Crippen molar-refractivity contribution in [2.24, 2.45) is 0 Å². The molecule has 2 aromatic rings. The van der Waals surface area contributed by atoms with E-state index in [1.54, 1.807) is 55.7 Å². The van der Waals surface area contributed by atoms with Gasteiger partial charge in [-0.2, -0.15) is 0 Å². The number of carbonyl (C=O) groups excluding carboxylic acids is 1. The number of hydrogen-bond donors (Lipinski definition) is 2. The molecule has 126 valence electrons. The average molecular weight is 326 g/mol. The SMILES string of the molecule is CO[C@@H](CCc1ccc(O)cc1)CC(=O)C=Cc1ccc(O)cc1. The Labute approximate surface area is 142 Å². The summed E-state index contributed by atoms with van der Waals surface area (Å²) in [6.45, 7) is 0. The molecule has 2 N–H and O–H groups in total. The Balaban J connectivity index is 1.83. The van der Waals surface area contributed by atoms with Gasteiger partial charge in [-0.3, -0.25) is 4.79 Å². The third-order valence-corrected chi connectivity index (χ3v) is 3.81. The first-order valence-corrected chi connectivity index (χ1v) is 7.87. The van der Waals surface area contributed by atoms with Crippen LogP contribution in [0.3, 0.4) is 0 Å². The van der Waals surface area contributed by atoms with E-state index in [1.165, 1.54) is 0 Å². The van der Waals surface area contributed by atoms with Crippen molar-refractivity contribution in [3.05, 3.63) is 65.7 Å². The molecule has 2 aromatic carbocycles. The Morgan fingerprint density at radius 1 is 1.04 bits per heavy atom. The van der Waals surface area contributed by atoms with Crippen molar-refractivity contribution < 1.29 is 19.7 Å². The highest BCUT2D eigenvalue weighted by Crippen LogP contribution is 2.15. The van der Waals surface area contributed by atoms with Crippen LogP contribution >= 0.6 is 0 Å². The van der Waals surface area contributed by atoms with Crippen molar-refractivity contribution in [3.63, 3.8) is 0 Å². The lowest BCUT2D eigenvalue weighted by Crippen LogP contribution is -2.16. The number of aromatic hydroxyl groups is 2. The Kier molecular flexibility index (Phi) is 6.58. The maximum Gasteiger partial charge on any atom is 0.158 e.